The van der Waals surface area contributed by atoms with E-state index in [1.807, 2.05) is 30.3 Å². The van der Waals surface area contributed by atoms with E-state index in [-0.39, 0.29) is 5.82 Å². The lowest BCUT2D eigenvalue weighted by Crippen LogP contribution is -2.36. The molecular formula is C31H22FN5O4. The Kier molecular flexibility index (Phi) is 5.36. The third-order valence-electron chi connectivity index (χ3n) is 7.67. The average Bonchev–Trinajstić information content (AvgIpc) is 3.46. The molecule has 10 heteroatoms. The van der Waals surface area contributed by atoms with Gasteiger partial charge in [-0.15, -0.1) is 5.10 Å². The number of para-hydroxylation sites is 1. The first kappa shape index (κ1) is 23.8. The Morgan fingerprint density at radius 2 is 1.68 bits per heavy atom. The largest absolute Gasteiger partial charge is 0.437 e. The lowest BCUT2D eigenvalue weighted by molar-refractivity contribution is 0.122. The summed E-state index contributed by atoms with van der Waals surface area (Å²) in [5.74, 6) is 0.219. The highest BCUT2D eigenvalue weighted by Crippen LogP contribution is 2.49. The van der Waals surface area contributed by atoms with Gasteiger partial charge in [-0.05, 0) is 54.1 Å². The number of anilines is 1. The second-order valence-corrected chi connectivity index (χ2v) is 10.0. The summed E-state index contributed by atoms with van der Waals surface area (Å²) in [6, 6.07) is 21.4. The molecule has 6 aromatic rings. The van der Waals surface area contributed by atoms with Gasteiger partial charge < -0.3 is 18.8 Å². The number of aromatic nitrogens is 4. The van der Waals surface area contributed by atoms with Crippen LogP contribution in [0.4, 0.5) is 10.1 Å². The highest BCUT2D eigenvalue weighted by molar-refractivity contribution is 5.87. The van der Waals surface area contributed by atoms with E-state index in [0.717, 1.165) is 24.3 Å². The van der Waals surface area contributed by atoms with E-state index in [0.29, 0.717) is 64.0 Å². The minimum absolute atomic E-state index is 0.334. The Labute approximate surface area is 232 Å². The lowest BCUT2D eigenvalue weighted by atomic mass is 9.84. The zero-order valence-corrected chi connectivity index (χ0v) is 21.7. The maximum Gasteiger partial charge on any atom is 0.344 e. The molecule has 0 spiro atoms. The van der Waals surface area contributed by atoms with Gasteiger partial charge in [0.25, 0.3) is 0 Å². The molecule has 0 aliphatic carbocycles. The van der Waals surface area contributed by atoms with Crippen molar-refractivity contribution in [2.45, 2.75) is 5.92 Å². The Balaban J connectivity index is 1.35. The number of benzene rings is 3. The van der Waals surface area contributed by atoms with Crippen LogP contribution in [0.5, 0.6) is 11.6 Å². The molecule has 5 heterocycles. The monoisotopic (exact) mass is 547 g/mol. The molecule has 0 radical (unpaired) electrons. The van der Waals surface area contributed by atoms with Gasteiger partial charge in [-0.1, -0.05) is 24.3 Å². The number of nitrogens with zero attached hydrogens (tertiary/aromatic N) is 5. The maximum atomic E-state index is 13.6. The van der Waals surface area contributed by atoms with E-state index >= 15 is 0 Å². The molecule has 1 fully saturated rings. The molecule has 3 aromatic carbocycles. The molecule has 1 unspecified atom stereocenters. The minimum atomic E-state index is -0.588. The first-order valence-corrected chi connectivity index (χ1v) is 13.3. The summed E-state index contributed by atoms with van der Waals surface area (Å²) in [5, 5.41) is 5.28. The number of hydrogen-bond donors (Lipinski definition) is 0. The summed E-state index contributed by atoms with van der Waals surface area (Å²) in [7, 11) is 0. The predicted molar refractivity (Wildman–Crippen MR) is 149 cm³/mol. The molecule has 1 atom stereocenters. The van der Waals surface area contributed by atoms with Crippen molar-refractivity contribution in [3.8, 4) is 23.0 Å². The Hall–Kier alpha value is -5.09. The van der Waals surface area contributed by atoms with Gasteiger partial charge in [0.1, 0.15) is 17.7 Å². The quantitative estimate of drug-likeness (QED) is 0.280. The molecule has 2 aliphatic rings. The number of fused-ring (bicyclic) bond motifs is 6. The van der Waals surface area contributed by atoms with Crippen molar-refractivity contribution in [3.63, 3.8) is 0 Å². The molecule has 8 rings (SSSR count). The number of ether oxygens (including phenoxy) is 2. The standard InChI is InChI=1S/C31H22FN5O4/c32-20-9-5-19(6-10-20)28-34-29-26-24(18-7-11-21(12-8-18)36-13-15-39-16-14-36)25-27(41-30(26)33-17-37(29)35-28)22-3-1-2-4-23(22)40-31(25)38/h1-12,17,24H,13-16H2. The third-order valence-corrected chi connectivity index (χ3v) is 7.67. The van der Waals surface area contributed by atoms with Gasteiger partial charge in [-0.3, -0.25) is 0 Å². The second-order valence-electron chi connectivity index (χ2n) is 10.0. The zero-order valence-electron chi connectivity index (χ0n) is 21.7. The predicted octanol–water partition coefficient (Wildman–Crippen LogP) is 5.16. The number of halogens is 1. The highest BCUT2D eigenvalue weighted by atomic mass is 19.1. The Bertz CT molecular complexity index is 2000. The SMILES string of the molecule is O=c1oc2ccccc2c2c1C(c1ccc(N3CCOCC3)cc1)c1c(ncn3nc(-c4ccc(F)cc4)nc13)O2. The van der Waals surface area contributed by atoms with E-state index in [1.54, 1.807) is 22.7 Å². The van der Waals surface area contributed by atoms with E-state index in [2.05, 4.69) is 27.1 Å². The summed E-state index contributed by atoms with van der Waals surface area (Å²) < 4.78 is 32.8. The van der Waals surface area contributed by atoms with Gasteiger partial charge in [-0.2, -0.15) is 0 Å². The molecule has 41 heavy (non-hydrogen) atoms. The summed E-state index contributed by atoms with van der Waals surface area (Å²) in [4.78, 5) is 25.3. The normalized spacial score (nSPS) is 16.4. The molecule has 3 aromatic heterocycles. The summed E-state index contributed by atoms with van der Waals surface area (Å²) in [5.41, 5.74) is 3.98. The van der Waals surface area contributed by atoms with Crippen LogP contribution in [0.15, 0.2) is 88.3 Å². The molecule has 9 nitrogen and oxygen atoms in total. The van der Waals surface area contributed by atoms with Crippen LogP contribution >= 0.6 is 0 Å². The fourth-order valence-electron chi connectivity index (χ4n) is 5.68. The van der Waals surface area contributed by atoms with Crippen molar-refractivity contribution in [2.24, 2.45) is 0 Å². The van der Waals surface area contributed by atoms with Gasteiger partial charge in [-0.25, -0.2) is 23.7 Å². The fraction of sp³-hybridized carbons (Fsp3) is 0.161. The van der Waals surface area contributed by atoms with E-state index < -0.39 is 11.5 Å². The van der Waals surface area contributed by atoms with Crippen LogP contribution in [-0.2, 0) is 4.74 Å². The number of rotatable bonds is 3. The van der Waals surface area contributed by atoms with Gasteiger partial charge in [0.05, 0.1) is 35.6 Å². The first-order valence-electron chi connectivity index (χ1n) is 13.3. The van der Waals surface area contributed by atoms with Crippen LogP contribution in [0, 0.1) is 5.82 Å². The smallest absolute Gasteiger partial charge is 0.344 e. The third kappa shape index (κ3) is 3.86. The van der Waals surface area contributed by atoms with Gasteiger partial charge in [0, 0.05) is 24.3 Å². The minimum Gasteiger partial charge on any atom is -0.437 e. The van der Waals surface area contributed by atoms with E-state index in [1.165, 1.54) is 18.5 Å². The molecule has 0 bridgehead atoms. The van der Waals surface area contributed by atoms with Crippen LogP contribution in [0.2, 0.25) is 0 Å². The average molecular weight is 548 g/mol. The van der Waals surface area contributed by atoms with Crippen molar-refractivity contribution in [3.05, 3.63) is 112 Å². The van der Waals surface area contributed by atoms with Crippen LogP contribution in [0.1, 0.15) is 22.6 Å². The Morgan fingerprint density at radius 3 is 2.49 bits per heavy atom. The summed E-state index contributed by atoms with van der Waals surface area (Å²) in [6.45, 7) is 3.00. The van der Waals surface area contributed by atoms with Crippen LogP contribution < -0.4 is 15.3 Å². The van der Waals surface area contributed by atoms with Crippen molar-refractivity contribution >= 4 is 22.3 Å². The van der Waals surface area contributed by atoms with Crippen LogP contribution in [0.25, 0.3) is 28.0 Å². The molecule has 0 saturated carbocycles. The summed E-state index contributed by atoms with van der Waals surface area (Å²) in [6.07, 6.45) is 1.53. The van der Waals surface area contributed by atoms with E-state index in [9.17, 15) is 9.18 Å². The molecule has 202 valence electrons. The zero-order chi connectivity index (χ0) is 27.5. The second kappa shape index (κ2) is 9.24. The topological polar surface area (TPSA) is 95.0 Å². The first-order chi connectivity index (χ1) is 20.1. The molecule has 2 aliphatic heterocycles. The summed E-state index contributed by atoms with van der Waals surface area (Å²) >= 11 is 0. The van der Waals surface area contributed by atoms with Crippen molar-refractivity contribution in [1.82, 2.24) is 19.6 Å². The van der Waals surface area contributed by atoms with Crippen LogP contribution in [-0.4, -0.2) is 45.9 Å². The number of morpholine rings is 1. The van der Waals surface area contributed by atoms with Crippen molar-refractivity contribution in [1.29, 1.82) is 0 Å². The van der Waals surface area contributed by atoms with Crippen molar-refractivity contribution < 1.29 is 18.3 Å². The maximum absolute atomic E-state index is 13.6. The van der Waals surface area contributed by atoms with Gasteiger partial charge in [0.2, 0.25) is 5.88 Å². The molecule has 1 saturated heterocycles. The Morgan fingerprint density at radius 1 is 0.902 bits per heavy atom. The lowest BCUT2D eigenvalue weighted by Gasteiger charge is -2.30. The fourth-order valence-corrected chi connectivity index (χ4v) is 5.68. The van der Waals surface area contributed by atoms with E-state index in [4.69, 9.17) is 18.9 Å². The van der Waals surface area contributed by atoms with Crippen LogP contribution in [0.3, 0.4) is 0 Å². The highest BCUT2D eigenvalue weighted by Gasteiger charge is 2.37. The van der Waals surface area contributed by atoms with Gasteiger partial charge in [0.15, 0.2) is 17.2 Å². The van der Waals surface area contributed by atoms with Gasteiger partial charge >= 0.3 is 5.63 Å². The number of hydrogen-bond acceptors (Lipinski definition) is 8. The molecule has 0 N–H and O–H groups in total. The van der Waals surface area contributed by atoms with Crippen molar-refractivity contribution in [2.75, 3.05) is 31.2 Å². The molecule has 0 amide bonds. The molecular weight excluding hydrogens is 525 g/mol.